The first-order valence-electron chi connectivity index (χ1n) is 6.86. The van der Waals surface area contributed by atoms with Crippen LogP contribution in [0.2, 0.25) is 0 Å². The van der Waals surface area contributed by atoms with Crippen LogP contribution in [0.25, 0.3) is 0 Å². The number of imide groups is 1. The molecule has 5 nitrogen and oxygen atoms in total. The van der Waals surface area contributed by atoms with E-state index in [0.29, 0.717) is 18.8 Å². The monoisotopic (exact) mass is 265 g/mol. The third-order valence-electron chi connectivity index (χ3n) is 3.21. The number of hydrogen-bond donors (Lipinski definition) is 0. The Labute approximate surface area is 115 Å². The second kappa shape index (κ2) is 6.97. The van der Waals surface area contributed by atoms with Crippen LogP contribution in [0.3, 0.4) is 0 Å². The standard InChI is InChI=1S/C14H23N3O2/c1-5-15(6-2)11-9-10-12-13(18)17(8-4)14(19)16(12)7-3/h9-11H,5-8H2,1-4H3/b11-9+,12-10+. The molecule has 0 atom stereocenters. The van der Waals surface area contributed by atoms with E-state index in [0.717, 1.165) is 13.1 Å². The van der Waals surface area contributed by atoms with Crippen LogP contribution in [0.5, 0.6) is 0 Å². The molecule has 1 fully saturated rings. The fraction of sp³-hybridized carbons (Fsp3) is 0.571. The van der Waals surface area contributed by atoms with Crippen molar-refractivity contribution in [1.29, 1.82) is 0 Å². The van der Waals surface area contributed by atoms with Crippen LogP contribution in [0.1, 0.15) is 27.7 Å². The van der Waals surface area contributed by atoms with Gasteiger partial charge in [0.25, 0.3) is 5.91 Å². The normalized spacial score (nSPS) is 18.2. The highest BCUT2D eigenvalue weighted by molar-refractivity contribution is 6.11. The molecular weight excluding hydrogens is 242 g/mol. The molecule has 0 radical (unpaired) electrons. The van der Waals surface area contributed by atoms with E-state index in [1.54, 1.807) is 13.0 Å². The minimum Gasteiger partial charge on any atom is -0.378 e. The molecule has 0 aromatic carbocycles. The summed E-state index contributed by atoms with van der Waals surface area (Å²) >= 11 is 0. The van der Waals surface area contributed by atoms with Gasteiger partial charge in [0.2, 0.25) is 0 Å². The van der Waals surface area contributed by atoms with Crippen LogP contribution in [0.15, 0.2) is 24.0 Å². The molecule has 0 aliphatic carbocycles. The molecule has 3 amide bonds. The van der Waals surface area contributed by atoms with E-state index in [9.17, 15) is 9.59 Å². The van der Waals surface area contributed by atoms with Gasteiger partial charge in [-0.3, -0.25) is 14.6 Å². The van der Waals surface area contributed by atoms with Gasteiger partial charge in [0.1, 0.15) is 5.70 Å². The number of likely N-dealkylation sites (N-methyl/N-ethyl adjacent to an activating group) is 2. The molecule has 0 N–H and O–H groups in total. The van der Waals surface area contributed by atoms with Gasteiger partial charge in [-0.1, -0.05) is 0 Å². The smallest absolute Gasteiger partial charge is 0.331 e. The summed E-state index contributed by atoms with van der Waals surface area (Å²) in [6, 6.07) is -0.225. The number of hydrogen-bond acceptors (Lipinski definition) is 3. The van der Waals surface area contributed by atoms with Crippen LogP contribution in [0, 0.1) is 0 Å². The first-order chi connectivity index (χ1) is 9.10. The van der Waals surface area contributed by atoms with E-state index in [1.807, 2.05) is 19.2 Å². The van der Waals surface area contributed by atoms with Crippen LogP contribution < -0.4 is 0 Å². The van der Waals surface area contributed by atoms with Crippen LogP contribution in [0.4, 0.5) is 4.79 Å². The van der Waals surface area contributed by atoms with Crippen LogP contribution >= 0.6 is 0 Å². The van der Waals surface area contributed by atoms with Gasteiger partial charge >= 0.3 is 6.03 Å². The van der Waals surface area contributed by atoms with Gasteiger partial charge in [-0.2, -0.15) is 0 Å². The molecule has 1 aliphatic heterocycles. The Kier molecular flexibility index (Phi) is 5.60. The van der Waals surface area contributed by atoms with Gasteiger partial charge in [-0.15, -0.1) is 0 Å². The van der Waals surface area contributed by atoms with Gasteiger partial charge < -0.3 is 4.90 Å². The Morgan fingerprint density at radius 1 is 1.00 bits per heavy atom. The molecule has 0 saturated carbocycles. The lowest BCUT2D eigenvalue weighted by atomic mass is 10.3. The second-order valence-electron chi connectivity index (χ2n) is 4.19. The van der Waals surface area contributed by atoms with E-state index >= 15 is 0 Å². The van der Waals surface area contributed by atoms with Crippen molar-refractivity contribution in [2.75, 3.05) is 26.2 Å². The second-order valence-corrected chi connectivity index (χ2v) is 4.19. The maximum atomic E-state index is 12.1. The lowest BCUT2D eigenvalue weighted by Crippen LogP contribution is -2.32. The summed E-state index contributed by atoms with van der Waals surface area (Å²) in [5.74, 6) is -0.210. The Balaban J connectivity index is 2.91. The molecule has 106 valence electrons. The highest BCUT2D eigenvalue weighted by Gasteiger charge is 2.38. The van der Waals surface area contributed by atoms with E-state index in [-0.39, 0.29) is 11.9 Å². The molecule has 0 aromatic heterocycles. The molecule has 5 heteroatoms. The number of nitrogens with zero attached hydrogens (tertiary/aromatic N) is 3. The van der Waals surface area contributed by atoms with Crippen molar-refractivity contribution < 1.29 is 9.59 Å². The Bertz CT molecular complexity index is 397. The number of amides is 3. The Morgan fingerprint density at radius 2 is 1.58 bits per heavy atom. The van der Waals surface area contributed by atoms with Crippen molar-refractivity contribution in [2.45, 2.75) is 27.7 Å². The largest absolute Gasteiger partial charge is 0.378 e. The maximum absolute atomic E-state index is 12.1. The number of carbonyl (C=O) groups is 2. The summed E-state index contributed by atoms with van der Waals surface area (Å²) in [4.78, 5) is 28.9. The third kappa shape index (κ3) is 3.16. The average Bonchev–Trinajstić information content (AvgIpc) is 2.65. The quantitative estimate of drug-likeness (QED) is 0.545. The lowest BCUT2D eigenvalue weighted by Gasteiger charge is -2.14. The van der Waals surface area contributed by atoms with Crippen LogP contribution in [-0.4, -0.2) is 52.8 Å². The summed E-state index contributed by atoms with van der Waals surface area (Å²) in [5.41, 5.74) is 0.456. The van der Waals surface area contributed by atoms with Crippen molar-refractivity contribution in [3.05, 3.63) is 24.0 Å². The number of allylic oxidation sites excluding steroid dienone is 2. The van der Waals surface area contributed by atoms with Crippen molar-refractivity contribution >= 4 is 11.9 Å². The molecule has 1 saturated heterocycles. The molecule has 0 aromatic rings. The molecule has 0 unspecified atom stereocenters. The third-order valence-corrected chi connectivity index (χ3v) is 3.21. The number of rotatable bonds is 6. The minimum absolute atomic E-state index is 0.210. The van der Waals surface area contributed by atoms with Gasteiger partial charge in [0.15, 0.2) is 0 Å². The maximum Gasteiger partial charge on any atom is 0.331 e. The molecule has 0 bridgehead atoms. The van der Waals surface area contributed by atoms with Gasteiger partial charge in [-0.25, -0.2) is 4.79 Å². The average molecular weight is 265 g/mol. The Hall–Kier alpha value is -1.78. The lowest BCUT2D eigenvalue weighted by molar-refractivity contribution is -0.122. The first kappa shape index (κ1) is 15.3. The van der Waals surface area contributed by atoms with Gasteiger partial charge in [0, 0.05) is 26.2 Å². The zero-order chi connectivity index (χ0) is 14.4. The van der Waals surface area contributed by atoms with E-state index in [4.69, 9.17) is 0 Å². The van der Waals surface area contributed by atoms with Crippen LogP contribution in [-0.2, 0) is 4.79 Å². The van der Waals surface area contributed by atoms with Crippen molar-refractivity contribution in [1.82, 2.24) is 14.7 Å². The number of urea groups is 1. The molecule has 1 aliphatic rings. The SMILES string of the molecule is CCN(/C=C/C=C1\C(=O)N(CC)C(=O)N1CC)CC. The van der Waals surface area contributed by atoms with E-state index in [2.05, 4.69) is 18.7 Å². The molecule has 0 spiro atoms. The zero-order valence-corrected chi connectivity index (χ0v) is 12.2. The highest BCUT2D eigenvalue weighted by Crippen LogP contribution is 2.20. The summed E-state index contributed by atoms with van der Waals surface area (Å²) in [5, 5.41) is 0. The number of carbonyl (C=O) groups excluding carboxylic acids is 2. The zero-order valence-electron chi connectivity index (χ0n) is 12.2. The van der Waals surface area contributed by atoms with Crippen molar-refractivity contribution in [3.63, 3.8) is 0 Å². The highest BCUT2D eigenvalue weighted by atomic mass is 16.2. The topological polar surface area (TPSA) is 43.9 Å². The van der Waals surface area contributed by atoms with Crippen molar-refractivity contribution in [2.24, 2.45) is 0 Å². The van der Waals surface area contributed by atoms with E-state index in [1.165, 1.54) is 9.80 Å². The van der Waals surface area contributed by atoms with Crippen molar-refractivity contribution in [3.8, 4) is 0 Å². The fourth-order valence-corrected chi connectivity index (χ4v) is 2.03. The fourth-order valence-electron chi connectivity index (χ4n) is 2.03. The van der Waals surface area contributed by atoms with Gasteiger partial charge in [-0.05, 0) is 46.0 Å². The summed E-state index contributed by atoms with van der Waals surface area (Å²) < 4.78 is 0. The first-order valence-corrected chi connectivity index (χ1v) is 6.86. The molecule has 1 heterocycles. The molecule has 19 heavy (non-hydrogen) atoms. The predicted octanol–water partition coefficient (Wildman–Crippen LogP) is 2.03. The summed E-state index contributed by atoms with van der Waals surface area (Å²) in [6.45, 7) is 10.6. The van der Waals surface area contributed by atoms with Gasteiger partial charge in [0.05, 0.1) is 0 Å². The minimum atomic E-state index is -0.225. The summed E-state index contributed by atoms with van der Waals surface area (Å²) in [6.07, 6.45) is 5.49. The Morgan fingerprint density at radius 3 is 2.05 bits per heavy atom. The molecular formula is C14H23N3O2. The van der Waals surface area contributed by atoms with E-state index < -0.39 is 0 Å². The molecule has 1 rings (SSSR count). The summed E-state index contributed by atoms with van der Waals surface area (Å²) in [7, 11) is 0. The predicted molar refractivity (Wildman–Crippen MR) is 75.3 cm³/mol.